The van der Waals surface area contributed by atoms with Gasteiger partial charge in [0.05, 0.1) is 13.2 Å². The Morgan fingerprint density at radius 1 is 1.38 bits per heavy atom. The molecule has 0 atom stereocenters. The van der Waals surface area contributed by atoms with Crippen molar-refractivity contribution in [2.45, 2.75) is 6.42 Å². The first-order chi connectivity index (χ1) is 7.45. The molecule has 94 valence electrons. The summed E-state index contributed by atoms with van der Waals surface area (Å²) >= 11 is 0. The average Bonchev–Trinajstić information content (AvgIpc) is 2.32. The van der Waals surface area contributed by atoms with Gasteiger partial charge in [0.2, 0.25) is 0 Å². The lowest BCUT2D eigenvalue weighted by molar-refractivity contribution is 0.0389. The van der Waals surface area contributed by atoms with Crippen LogP contribution >= 0.6 is 24.0 Å². The molecule has 0 aliphatic carbocycles. The maximum Gasteiger partial charge on any atom is 0.191 e. The first-order valence-electron chi connectivity index (χ1n) is 5.77. The van der Waals surface area contributed by atoms with Gasteiger partial charge in [-0.1, -0.05) is 0 Å². The zero-order valence-electron chi connectivity index (χ0n) is 9.57. The normalized spacial score (nSPS) is 21.6. The predicted molar refractivity (Wildman–Crippen MR) is 75.6 cm³/mol. The highest BCUT2D eigenvalue weighted by molar-refractivity contribution is 14.0. The molecule has 1 saturated heterocycles. The van der Waals surface area contributed by atoms with Gasteiger partial charge in [-0.05, 0) is 6.42 Å². The number of nitrogens with one attached hydrogen (secondary N) is 2. The van der Waals surface area contributed by atoms with Crippen molar-refractivity contribution in [2.24, 2.45) is 4.99 Å². The Morgan fingerprint density at radius 3 is 2.88 bits per heavy atom. The molecule has 2 heterocycles. The van der Waals surface area contributed by atoms with Crippen LogP contribution in [0.5, 0.6) is 0 Å². The summed E-state index contributed by atoms with van der Waals surface area (Å²) in [4.78, 5) is 6.78. The fourth-order valence-corrected chi connectivity index (χ4v) is 1.81. The van der Waals surface area contributed by atoms with Crippen molar-refractivity contribution in [1.29, 1.82) is 0 Å². The maximum absolute atomic E-state index is 5.30. The molecule has 2 aliphatic rings. The van der Waals surface area contributed by atoms with Gasteiger partial charge in [-0.2, -0.15) is 0 Å². The summed E-state index contributed by atoms with van der Waals surface area (Å²) in [6, 6.07) is 0. The van der Waals surface area contributed by atoms with Crippen molar-refractivity contribution in [3.63, 3.8) is 0 Å². The zero-order valence-corrected chi connectivity index (χ0v) is 11.9. The van der Waals surface area contributed by atoms with Gasteiger partial charge in [0.1, 0.15) is 0 Å². The van der Waals surface area contributed by atoms with Crippen LogP contribution in [0.15, 0.2) is 4.99 Å². The molecular weight excluding hydrogens is 319 g/mol. The molecule has 5 nitrogen and oxygen atoms in total. The van der Waals surface area contributed by atoms with E-state index in [1.165, 1.54) is 0 Å². The molecule has 0 bridgehead atoms. The summed E-state index contributed by atoms with van der Waals surface area (Å²) in [5.41, 5.74) is 0. The summed E-state index contributed by atoms with van der Waals surface area (Å²) in [5.74, 6) is 0.967. The molecule has 6 heteroatoms. The molecule has 0 amide bonds. The second-order valence-corrected chi connectivity index (χ2v) is 3.89. The van der Waals surface area contributed by atoms with Gasteiger partial charge < -0.3 is 15.4 Å². The Labute approximate surface area is 114 Å². The third-order valence-electron chi connectivity index (χ3n) is 2.72. The zero-order chi connectivity index (χ0) is 10.3. The summed E-state index contributed by atoms with van der Waals surface area (Å²) in [7, 11) is 0. The molecule has 0 saturated carbocycles. The summed E-state index contributed by atoms with van der Waals surface area (Å²) in [5, 5.41) is 6.58. The Bertz CT molecular complexity index is 219. The highest BCUT2D eigenvalue weighted by Gasteiger charge is 2.09. The molecular formula is C10H21IN4O. The summed E-state index contributed by atoms with van der Waals surface area (Å²) in [6.45, 7) is 7.90. The van der Waals surface area contributed by atoms with Crippen molar-refractivity contribution in [3.05, 3.63) is 0 Å². The second-order valence-electron chi connectivity index (χ2n) is 3.89. The molecule has 0 aromatic rings. The van der Waals surface area contributed by atoms with E-state index in [-0.39, 0.29) is 24.0 Å². The van der Waals surface area contributed by atoms with Crippen LogP contribution in [-0.4, -0.2) is 63.3 Å². The number of nitrogens with zero attached hydrogens (tertiary/aromatic N) is 2. The topological polar surface area (TPSA) is 48.9 Å². The minimum Gasteiger partial charge on any atom is -0.379 e. The van der Waals surface area contributed by atoms with Crippen molar-refractivity contribution < 1.29 is 4.74 Å². The van der Waals surface area contributed by atoms with Crippen LogP contribution in [-0.2, 0) is 4.74 Å². The Kier molecular flexibility index (Phi) is 7.06. The fraction of sp³-hybridized carbons (Fsp3) is 0.900. The number of guanidine groups is 1. The monoisotopic (exact) mass is 340 g/mol. The molecule has 2 N–H and O–H groups in total. The quantitative estimate of drug-likeness (QED) is 0.703. The highest BCUT2D eigenvalue weighted by Crippen LogP contribution is 1.94. The second kappa shape index (κ2) is 8.08. The number of hydrogen-bond donors (Lipinski definition) is 2. The van der Waals surface area contributed by atoms with E-state index in [0.29, 0.717) is 0 Å². The van der Waals surface area contributed by atoms with Crippen LogP contribution in [0.4, 0.5) is 0 Å². The third kappa shape index (κ3) is 4.84. The number of halogens is 1. The molecule has 0 aromatic heterocycles. The first kappa shape index (κ1) is 14.0. The summed E-state index contributed by atoms with van der Waals surface area (Å²) in [6.07, 6.45) is 1.15. The van der Waals surface area contributed by atoms with E-state index in [0.717, 1.165) is 64.9 Å². The van der Waals surface area contributed by atoms with Crippen LogP contribution in [0, 0.1) is 0 Å². The van der Waals surface area contributed by atoms with E-state index < -0.39 is 0 Å². The van der Waals surface area contributed by atoms with Crippen LogP contribution in [0.1, 0.15) is 6.42 Å². The largest absolute Gasteiger partial charge is 0.379 e. The molecule has 0 radical (unpaired) electrons. The van der Waals surface area contributed by atoms with Crippen molar-refractivity contribution in [2.75, 3.05) is 52.5 Å². The number of hydrogen-bond acceptors (Lipinski definition) is 5. The van der Waals surface area contributed by atoms with Crippen LogP contribution in [0.3, 0.4) is 0 Å². The maximum atomic E-state index is 5.30. The molecule has 1 fully saturated rings. The van der Waals surface area contributed by atoms with Crippen molar-refractivity contribution >= 4 is 29.9 Å². The SMILES string of the molecule is C1CN=C(NCCN2CCOCC2)NC1.I. The minimum atomic E-state index is 0. The van der Waals surface area contributed by atoms with E-state index in [9.17, 15) is 0 Å². The van der Waals surface area contributed by atoms with Gasteiger partial charge in [0.25, 0.3) is 0 Å². The van der Waals surface area contributed by atoms with Gasteiger partial charge in [-0.25, -0.2) is 0 Å². The smallest absolute Gasteiger partial charge is 0.191 e. The number of rotatable bonds is 3. The third-order valence-corrected chi connectivity index (χ3v) is 2.72. The predicted octanol–water partition coefficient (Wildman–Crippen LogP) is -0.124. The Balaban J connectivity index is 0.00000128. The average molecular weight is 340 g/mol. The Morgan fingerprint density at radius 2 is 2.19 bits per heavy atom. The lowest BCUT2D eigenvalue weighted by Crippen LogP contribution is -2.45. The van der Waals surface area contributed by atoms with Gasteiger partial charge in [-0.3, -0.25) is 9.89 Å². The van der Waals surface area contributed by atoms with Crippen LogP contribution < -0.4 is 10.6 Å². The standard InChI is InChI=1S/C10H20N4O.HI/c1-2-11-10(12-3-1)13-4-5-14-6-8-15-9-7-14;/h1-9H2,(H2,11,12,13);1H. The first-order valence-corrected chi connectivity index (χ1v) is 5.77. The fourth-order valence-electron chi connectivity index (χ4n) is 1.81. The molecule has 2 rings (SSSR count). The van der Waals surface area contributed by atoms with Gasteiger partial charge in [-0.15, -0.1) is 24.0 Å². The van der Waals surface area contributed by atoms with Crippen LogP contribution in [0.25, 0.3) is 0 Å². The van der Waals surface area contributed by atoms with Gasteiger partial charge in [0.15, 0.2) is 5.96 Å². The van der Waals surface area contributed by atoms with E-state index >= 15 is 0 Å². The number of ether oxygens (including phenoxy) is 1. The van der Waals surface area contributed by atoms with Gasteiger partial charge >= 0.3 is 0 Å². The molecule has 0 spiro atoms. The van der Waals surface area contributed by atoms with E-state index in [1.54, 1.807) is 0 Å². The van der Waals surface area contributed by atoms with E-state index in [2.05, 4.69) is 20.5 Å². The van der Waals surface area contributed by atoms with Gasteiger partial charge in [0, 0.05) is 39.3 Å². The molecule has 0 unspecified atom stereocenters. The molecule has 2 aliphatic heterocycles. The van der Waals surface area contributed by atoms with Crippen LogP contribution in [0.2, 0.25) is 0 Å². The lowest BCUT2D eigenvalue weighted by atomic mass is 10.4. The van der Waals surface area contributed by atoms with Crippen molar-refractivity contribution in [3.8, 4) is 0 Å². The summed E-state index contributed by atoms with van der Waals surface area (Å²) < 4.78 is 5.30. The molecule has 16 heavy (non-hydrogen) atoms. The van der Waals surface area contributed by atoms with E-state index in [4.69, 9.17) is 4.74 Å². The highest BCUT2D eigenvalue weighted by atomic mass is 127. The van der Waals surface area contributed by atoms with Crippen molar-refractivity contribution in [1.82, 2.24) is 15.5 Å². The van der Waals surface area contributed by atoms with E-state index in [1.807, 2.05) is 0 Å². The minimum absolute atomic E-state index is 0. The Hall–Kier alpha value is -0.0800. The lowest BCUT2D eigenvalue weighted by Gasteiger charge is -2.27. The number of aliphatic imine (C=N–C) groups is 1. The molecule has 0 aromatic carbocycles. The number of morpholine rings is 1.